The fourth-order valence-corrected chi connectivity index (χ4v) is 9.42. The summed E-state index contributed by atoms with van der Waals surface area (Å²) in [5.41, 5.74) is -0.520. The van der Waals surface area contributed by atoms with Crippen LogP contribution >= 0.6 is 0 Å². The summed E-state index contributed by atoms with van der Waals surface area (Å²) in [7, 11) is 1.47. The van der Waals surface area contributed by atoms with Crippen molar-refractivity contribution in [1.29, 1.82) is 0 Å². The molecular formula is C24H32O4. The molecule has 0 heterocycles. The topological polar surface area (TPSA) is 52.6 Å². The van der Waals surface area contributed by atoms with Gasteiger partial charge in [-0.3, -0.25) is 9.59 Å². The van der Waals surface area contributed by atoms with Crippen molar-refractivity contribution in [3.05, 3.63) is 12.2 Å². The quantitative estimate of drug-likeness (QED) is 0.414. The molecule has 5 fully saturated rings. The smallest absolute Gasteiger partial charge is 0.310 e. The molecule has 12 unspecified atom stereocenters. The number of hydrogen-bond acceptors (Lipinski definition) is 4. The van der Waals surface area contributed by atoms with Crippen molar-refractivity contribution >= 4 is 11.9 Å². The Kier molecular flexibility index (Phi) is 3.40. The lowest BCUT2D eigenvalue weighted by Gasteiger charge is -2.47. The van der Waals surface area contributed by atoms with E-state index in [4.69, 9.17) is 9.47 Å². The molecule has 28 heavy (non-hydrogen) atoms. The molecule has 0 spiro atoms. The standard InChI is InChI=1S/C24H32O4/c1-24(2,3)28-23(26)21-15-9-14(20(21)22(25)27-4)18-12-8-13(19(15)18)17-11-6-5-10(7-11)16(12)17/h5-6,10-21H,7-9H2,1-4H3. The first-order valence-corrected chi connectivity index (χ1v) is 11.3. The third-order valence-corrected chi connectivity index (χ3v) is 9.54. The Morgan fingerprint density at radius 3 is 1.75 bits per heavy atom. The van der Waals surface area contributed by atoms with Gasteiger partial charge in [-0.2, -0.15) is 0 Å². The average Bonchev–Trinajstić information content (AvgIpc) is 3.43. The highest BCUT2D eigenvalue weighted by atomic mass is 16.6. The zero-order valence-corrected chi connectivity index (χ0v) is 17.3. The van der Waals surface area contributed by atoms with Gasteiger partial charge >= 0.3 is 11.9 Å². The molecule has 0 aromatic carbocycles. The normalized spacial score (nSPS) is 54.1. The van der Waals surface area contributed by atoms with Gasteiger partial charge in [0.25, 0.3) is 0 Å². The van der Waals surface area contributed by atoms with Crippen molar-refractivity contribution < 1.29 is 19.1 Å². The second-order valence-electron chi connectivity index (χ2n) is 11.5. The van der Waals surface area contributed by atoms with Crippen LogP contribution in [0.1, 0.15) is 40.0 Å². The Morgan fingerprint density at radius 1 is 0.750 bits per heavy atom. The van der Waals surface area contributed by atoms with Gasteiger partial charge in [0.1, 0.15) is 5.60 Å². The van der Waals surface area contributed by atoms with Crippen molar-refractivity contribution in [3.63, 3.8) is 0 Å². The zero-order chi connectivity index (χ0) is 19.5. The number of allylic oxidation sites excluding steroid dienone is 2. The molecule has 6 aliphatic rings. The number of hydrogen-bond donors (Lipinski definition) is 0. The minimum atomic E-state index is -0.520. The van der Waals surface area contributed by atoms with Gasteiger partial charge in [0.2, 0.25) is 0 Å². The van der Waals surface area contributed by atoms with Gasteiger partial charge in [-0.25, -0.2) is 0 Å². The molecule has 0 radical (unpaired) electrons. The first kappa shape index (κ1) is 17.5. The second kappa shape index (κ2) is 5.43. The van der Waals surface area contributed by atoms with E-state index in [1.54, 1.807) is 0 Å². The number of rotatable bonds is 2. The van der Waals surface area contributed by atoms with Gasteiger partial charge in [-0.05, 0) is 99.2 Å². The van der Waals surface area contributed by atoms with Crippen molar-refractivity contribution in [1.82, 2.24) is 0 Å². The van der Waals surface area contributed by atoms with Crippen LogP contribution in [0.2, 0.25) is 0 Å². The van der Waals surface area contributed by atoms with Gasteiger partial charge in [0, 0.05) is 0 Å². The van der Waals surface area contributed by atoms with Gasteiger partial charge in [-0.15, -0.1) is 0 Å². The Hall–Kier alpha value is -1.32. The van der Waals surface area contributed by atoms with Crippen LogP contribution in [0.4, 0.5) is 0 Å². The summed E-state index contributed by atoms with van der Waals surface area (Å²) in [6.45, 7) is 5.74. The molecule has 152 valence electrons. The van der Waals surface area contributed by atoms with Gasteiger partial charge in [0.15, 0.2) is 0 Å². The summed E-state index contributed by atoms with van der Waals surface area (Å²) >= 11 is 0. The van der Waals surface area contributed by atoms with Crippen LogP contribution in [0.25, 0.3) is 0 Å². The fraction of sp³-hybridized carbons (Fsp3) is 0.833. The van der Waals surface area contributed by atoms with E-state index in [1.807, 2.05) is 20.8 Å². The molecule has 6 rings (SSSR count). The maximum Gasteiger partial charge on any atom is 0.310 e. The van der Waals surface area contributed by atoms with Crippen molar-refractivity contribution in [2.45, 2.75) is 45.6 Å². The van der Waals surface area contributed by atoms with Gasteiger partial charge < -0.3 is 9.47 Å². The lowest BCUT2D eigenvalue weighted by atomic mass is 9.57. The summed E-state index contributed by atoms with van der Waals surface area (Å²) in [5, 5.41) is 0. The molecule has 4 nitrogen and oxygen atoms in total. The molecule has 5 saturated carbocycles. The van der Waals surface area contributed by atoms with Crippen LogP contribution in [-0.2, 0) is 19.1 Å². The van der Waals surface area contributed by atoms with E-state index < -0.39 is 5.60 Å². The van der Waals surface area contributed by atoms with Crippen LogP contribution < -0.4 is 0 Å². The van der Waals surface area contributed by atoms with E-state index in [9.17, 15) is 9.59 Å². The number of esters is 2. The summed E-state index contributed by atoms with van der Waals surface area (Å²) in [6.07, 6.45) is 8.68. The van der Waals surface area contributed by atoms with E-state index in [1.165, 1.54) is 20.0 Å². The average molecular weight is 385 g/mol. The van der Waals surface area contributed by atoms with Gasteiger partial charge in [0.05, 0.1) is 18.9 Å². The monoisotopic (exact) mass is 384 g/mol. The maximum atomic E-state index is 13.2. The van der Waals surface area contributed by atoms with Crippen LogP contribution in [0.3, 0.4) is 0 Å². The lowest BCUT2D eigenvalue weighted by molar-refractivity contribution is -0.174. The SMILES string of the molecule is COC(=O)C1C2CC(C1C(=O)OC(C)(C)C)C1C3CC(C4C5C=CC(C5)C34)C21. The third-order valence-electron chi connectivity index (χ3n) is 9.54. The van der Waals surface area contributed by atoms with E-state index in [-0.39, 0.29) is 23.8 Å². The molecule has 12 atom stereocenters. The Morgan fingerprint density at radius 2 is 1.25 bits per heavy atom. The summed E-state index contributed by atoms with van der Waals surface area (Å²) < 4.78 is 11.0. The molecule has 0 aliphatic heterocycles. The van der Waals surface area contributed by atoms with Crippen molar-refractivity contribution in [2.75, 3.05) is 7.11 Å². The van der Waals surface area contributed by atoms with Gasteiger partial charge in [-0.1, -0.05) is 12.2 Å². The van der Waals surface area contributed by atoms with Crippen molar-refractivity contribution in [2.24, 2.45) is 71.0 Å². The lowest BCUT2D eigenvalue weighted by Crippen LogP contribution is -2.49. The van der Waals surface area contributed by atoms with Crippen LogP contribution in [0.15, 0.2) is 12.2 Å². The van der Waals surface area contributed by atoms with E-state index in [0.717, 1.165) is 41.9 Å². The Labute approximate surface area is 167 Å². The van der Waals surface area contributed by atoms with Crippen LogP contribution in [0, 0.1) is 71.0 Å². The number of fused-ring (bicyclic) bond motifs is 16. The highest BCUT2D eigenvalue weighted by Crippen LogP contribution is 2.77. The molecule has 4 heteroatoms. The summed E-state index contributed by atoms with van der Waals surface area (Å²) in [5.74, 6) is 5.72. The largest absolute Gasteiger partial charge is 0.469 e. The molecule has 0 aromatic heterocycles. The van der Waals surface area contributed by atoms with E-state index in [0.29, 0.717) is 23.7 Å². The molecule has 0 saturated heterocycles. The Balaban J connectivity index is 1.35. The number of carbonyl (C=O) groups is 2. The number of carbonyl (C=O) groups excluding carboxylic acids is 2. The first-order chi connectivity index (χ1) is 13.3. The summed E-state index contributed by atoms with van der Waals surface area (Å²) in [6, 6.07) is 0. The van der Waals surface area contributed by atoms with E-state index >= 15 is 0 Å². The molecular weight excluding hydrogens is 352 g/mol. The van der Waals surface area contributed by atoms with Crippen LogP contribution in [0.5, 0.6) is 0 Å². The fourth-order valence-electron chi connectivity index (χ4n) is 9.42. The molecule has 6 aliphatic carbocycles. The Bertz CT molecular complexity index is 763. The third kappa shape index (κ3) is 2.02. The zero-order valence-electron chi connectivity index (χ0n) is 17.3. The van der Waals surface area contributed by atoms with E-state index in [2.05, 4.69) is 12.2 Å². The molecule has 0 N–H and O–H groups in total. The molecule has 0 amide bonds. The molecule has 6 bridgehead atoms. The van der Waals surface area contributed by atoms with Crippen molar-refractivity contribution in [3.8, 4) is 0 Å². The number of ether oxygens (including phenoxy) is 2. The maximum absolute atomic E-state index is 13.2. The predicted octanol–water partition coefficient (Wildman–Crippen LogP) is 3.70. The summed E-state index contributed by atoms with van der Waals surface area (Å²) in [4.78, 5) is 26.0. The number of methoxy groups -OCH3 is 1. The minimum Gasteiger partial charge on any atom is -0.469 e. The minimum absolute atomic E-state index is 0.166. The highest BCUT2D eigenvalue weighted by Gasteiger charge is 2.74. The van der Waals surface area contributed by atoms with Crippen LogP contribution in [-0.4, -0.2) is 24.6 Å². The molecule has 0 aromatic rings. The predicted molar refractivity (Wildman–Crippen MR) is 103 cm³/mol. The first-order valence-electron chi connectivity index (χ1n) is 11.3. The second-order valence-corrected chi connectivity index (χ2v) is 11.5. The highest BCUT2D eigenvalue weighted by molar-refractivity contribution is 5.84.